The Bertz CT molecular complexity index is 272. The summed E-state index contributed by atoms with van der Waals surface area (Å²) in [4.78, 5) is 0. The van der Waals surface area contributed by atoms with Gasteiger partial charge in [-0.2, -0.15) is 0 Å². The first-order valence-corrected chi connectivity index (χ1v) is 4.74. The van der Waals surface area contributed by atoms with Gasteiger partial charge < -0.3 is 5.32 Å². The van der Waals surface area contributed by atoms with Crippen LogP contribution in [0.3, 0.4) is 0 Å². The summed E-state index contributed by atoms with van der Waals surface area (Å²) in [6.07, 6.45) is 1.10. The van der Waals surface area contributed by atoms with Gasteiger partial charge in [-0.25, -0.2) is 0 Å². The molecular weight excluding hydrogens is 170 g/mol. The Morgan fingerprint density at radius 1 is 1.33 bits per heavy atom. The number of fused-ring (bicyclic) bond motifs is 1. The molecule has 0 spiro atoms. The molecule has 0 bridgehead atoms. The van der Waals surface area contributed by atoms with Crippen molar-refractivity contribution in [3.63, 3.8) is 0 Å². The average molecular weight is 182 g/mol. The number of hydrogen-bond donors (Lipinski definition) is 1. The molecule has 2 rings (SSSR count). The van der Waals surface area contributed by atoms with Gasteiger partial charge in [-0.1, -0.05) is 24.3 Å². The van der Waals surface area contributed by atoms with Gasteiger partial charge in [0.2, 0.25) is 0 Å². The Morgan fingerprint density at radius 3 is 3.08 bits per heavy atom. The topological polar surface area (TPSA) is 12.0 Å². The predicted octanol–water partition coefficient (Wildman–Crippen LogP) is 2.11. The van der Waals surface area contributed by atoms with E-state index in [9.17, 15) is 0 Å². The van der Waals surface area contributed by atoms with Gasteiger partial charge in [0.15, 0.2) is 0 Å². The molecule has 1 nitrogen and oxygen atoms in total. The van der Waals surface area contributed by atoms with Crippen LogP contribution in [0.4, 0.5) is 0 Å². The summed E-state index contributed by atoms with van der Waals surface area (Å²) in [5.74, 6) is 0. The van der Waals surface area contributed by atoms with E-state index >= 15 is 0 Å². The molecule has 0 aliphatic carbocycles. The van der Waals surface area contributed by atoms with Crippen LogP contribution < -0.4 is 5.32 Å². The summed E-state index contributed by atoms with van der Waals surface area (Å²) in [5, 5.41) is 3.45. The SMILES string of the molecule is ClC1CNCCc2ccccc21. The Labute approximate surface area is 77.7 Å². The maximum Gasteiger partial charge on any atom is 0.0712 e. The fraction of sp³-hybridized carbons (Fsp3) is 0.400. The van der Waals surface area contributed by atoms with E-state index < -0.39 is 0 Å². The van der Waals surface area contributed by atoms with Gasteiger partial charge in [0.25, 0.3) is 0 Å². The molecule has 0 amide bonds. The third kappa shape index (κ3) is 1.47. The van der Waals surface area contributed by atoms with Gasteiger partial charge >= 0.3 is 0 Å². The minimum Gasteiger partial charge on any atom is -0.315 e. The van der Waals surface area contributed by atoms with Crippen LogP contribution in [0.5, 0.6) is 0 Å². The molecule has 0 radical (unpaired) electrons. The van der Waals surface area contributed by atoms with Crippen molar-refractivity contribution in [1.29, 1.82) is 0 Å². The van der Waals surface area contributed by atoms with Gasteiger partial charge in [-0.3, -0.25) is 0 Å². The van der Waals surface area contributed by atoms with Crippen LogP contribution in [0.2, 0.25) is 0 Å². The van der Waals surface area contributed by atoms with Crippen LogP contribution in [-0.2, 0) is 6.42 Å². The molecule has 1 aromatic carbocycles. The second-order valence-electron chi connectivity index (χ2n) is 3.12. The van der Waals surface area contributed by atoms with Crippen LogP contribution in [0, 0.1) is 0 Å². The van der Waals surface area contributed by atoms with Crippen LogP contribution in [-0.4, -0.2) is 13.1 Å². The molecule has 0 saturated heterocycles. The minimum absolute atomic E-state index is 0.142. The molecule has 0 saturated carbocycles. The fourth-order valence-corrected chi connectivity index (χ4v) is 1.95. The maximum atomic E-state index is 6.19. The Hall–Kier alpha value is -0.530. The first-order valence-electron chi connectivity index (χ1n) is 4.30. The highest BCUT2D eigenvalue weighted by molar-refractivity contribution is 6.21. The van der Waals surface area contributed by atoms with E-state index in [-0.39, 0.29) is 5.38 Å². The summed E-state index contributed by atoms with van der Waals surface area (Å²) < 4.78 is 0. The van der Waals surface area contributed by atoms with Crippen molar-refractivity contribution in [2.45, 2.75) is 11.8 Å². The molecule has 1 aliphatic heterocycles. The Balaban J connectivity index is 2.39. The molecule has 1 N–H and O–H groups in total. The number of halogens is 1. The lowest BCUT2D eigenvalue weighted by atomic mass is 10.0. The molecule has 12 heavy (non-hydrogen) atoms. The average Bonchev–Trinajstić information content (AvgIpc) is 2.29. The lowest BCUT2D eigenvalue weighted by Gasteiger charge is -2.08. The smallest absolute Gasteiger partial charge is 0.0712 e. The first-order chi connectivity index (χ1) is 5.88. The Morgan fingerprint density at radius 2 is 2.17 bits per heavy atom. The van der Waals surface area contributed by atoms with Crippen LogP contribution in [0.1, 0.15) is 16.5 Å². The summed E-state index contributed by atoms with van der Waals surface area (Å²) in [6.45, 7) is 1.93. The zero-order valence-corrected chi connectivity index (χ0v) is 7.64. The quantitative estimate of drug-likeness (QED) is 0.605. The third-order valence-corrected chi connectivity index (χ3v) is 2.68. The molecule has 1 unspecified atom stereocenters. The fourth-order valence-electron chi connectivity index (χ4n) is 1.63. The number of alkyl halides is 1. The minimum atomic E-state index is 0.142. The lowest BCUT2D eigenvalue weighted by Crippen LogP contribution is -2.17. The van der Waals surface area contributed by atoms with Gasteiger partial charge in [-0.05, 0) is 24.1 Å². The molecule has 0 fully saturated rings. The summed E-state index contributed by atoms with van der Waals surface area (Å²) in [6, 6.07) is 8.42. The second-order valence-corrected chi connectivity index (χ2v) is 3.65. The Kier molecular flexibility index (Phi) is 2.33. The van der Waals surface area contributed by atoms with Crippen LogP contribution in [0.25, 0.3) is 0 Å². The highest BCUT2D eigenvalue weighted by Crippen LogP contribution is 2.25. The van der Waals surface area contributed by atoms with Crippen LogP contribution in [0.15, 0.2) is 24.3 Å². The van der Waals surface area contributed by atoms with E-state index in [0.29, 0.717) is 0 Å². The van der Waals surface area contributed by atoms with Crippen molar-refractivity contribution in [3.8, 4) is 0 Å². The van der Waals surface area contributed by atoms with E-state index in [2.05, 4.69) is 29.6 Å². The number of nitrogens with one attached hydrogen (secondary N) is 1. The zero-order valence-electron chi connectivity index (χ0n) is 6.89. The lowest BCUT2D eigenvalue weighted by molar-refractivity contribution is 0.700. The van der Waals surface area contributed by atoms with Crippen LogP contribution >= 0.6 is 11.6 Å². The molecule has 1 atom stereocenters. The highest BCUT2D eigenvalue weighted by atomic mass is 35.5. The second kappa shape index (κ2) is 3.46. The summed E-state index contributed by atoms with van der Waals surface area (Å²) in [5.41, 5.74) is 2.69. The van der Waals surface area contributed by atoms with Crippen molar-refractivity contribution in [3.05, 3.63) is 35.4 Å². The molecular formula is C10H12ClN. The monoisotopic (exact) mass is 181 g/mol. The highest BCUT2D eigenvalue weighted by Gasteiger charge is 2.14. The van der Waals surface area contributed by atoms with E-state index in [1.165, 1.54) is 11.1 Å². The van der Waals surface area contributed by atoms with Crippen molar-refractivity contribution in [2.75, 3.05) is 13.1 Å². The molecule has 1 aromatic rings. The summed E-state index contributed by atoms with van der Waals surface area (Å²) in [7, 11) is 0. The molecule has 2 heteroatoms. The standard InChI is InChI=1S/C10H12ClN/c11-10-7-12-6-5-8-3-1-2-4-9(8)10/h1-4,10,12H,5-7H2. The normalized spacial score (nSPS) is 22.9. The summed E-state index contributed by atoms with van der Waals surface area (Å²) >= 11 is 6.19. The molecule has 64 valence electrons. The first kappa shape index (κ1) is 8.09. The zero-order chi connectivity index (χ0) is 8.39. The van der Waals surface area contributed by atoms with Crippen molar-refractivity contribution in [2.24, 2.45) is 0 Å². The number of benzene rings is 1. The van der Waals surface area contributed by atoms with E-state index in [0.717, 1.165) is 19.5 Å². The van der Waals surface area contributed by atoms with Crippen molar-refractivity contribution >= 4 is 11.6 Å². The largest absolute Gasteiger partial charge is 0.315 e. The van der Waals surface area contributed by atoms with E-state index in [1.54, 1.807) is 0 Å². The third-order valence-electron chi connectivity index (χ3n) is 2.29. The number of rotatable bonds is 0. The van der Waals surface area contributed by atoms with E-state index in [1.807, 2.05) is 0 Å². The maximum absolute atomic E-state index is 6.19. The van der Waals surface area contributed by atoms with Crippen molar-refractivity contribution < 1.29 is 0 Å². The predicted molar refractivity (Wildman–Crippen MR) is 51.6 cm³/mol. The van der Waals surface area contributed by atoms with Crippen molar-refractivity contribution in [1.82, 2.24) is 5.32 Å². The molecule has 1 aliphatic rings. The van der Waals surface area contributed by atoms with Gasteiger partial charge in [0.1, 0.15) is 0 Å². The number of hydrogen-bond acceptors (Lipinski definition) is 1. The van der Waals surface area contributed by atoms with Gasteiger partial charge in [0.05, 0.1) is 5.38 Å². The molecule has 1 heterocycles. The molecule has 0 aromatic heterocycles. The van der Waals surface area contributed by atoms with Gasteiger partial charge in [-0.15, -0.1) is 11.6 Å². The van der Waals surface area contributed by atoms with E-state index in [4.69, 9.17) is 11.6 Å². The van der Waals surface area contributed by atoms with Gasteiger partial charge in [0, 0.05) is 6.54 Å².